The minimum absolute atomic E-state index is 0.924. The summed E-state index contributed by atoms with van der Waals surface area (Å²) in [6, 6.07) is 0. The molecular weight excluding hydrogens is 913 g/mol. The molecule has 0 aromatic heterocycles. The first-order chi connectivity index (χ1) is 35.2. The summed E-state index contributed by atoms with van der Waals surface area (Å²) >= 11 is 7.80. The van der Waals surface area contributed by atoms with E-state index in [1.807, 2.05) is 0 Å². The molecule has 392 valence electrons. The molecule has 13 saturated carbocycles. The summed E-state index contributed by atoms with van der Waals surface area (Å²) < 4.78 is 0. The second kappa shape index (κ2) is 18.7. The summed E-state index contributed by atoms with van der Waals surface area (Å²) in [5.41, 5.74) is 0. The molecule has 0 N–H and O–H groups in total. The standard InChI is InChI=1S/C68H102S3/c1-3-13-59-47(7-1)55-11-5-9-53(67(55)70-59)45-27-17-39-19-29-49-43(25-15-37-21-31-51(45)65(39)63(37)49)41-23-33-61-57(35-41)58-36-42(24-34-62(58)69-61)44-26-16-38-22-32-52-46(28-18-40-20-30-50(44)64(38)66(40)52)54-10-6-12-56-48-8-2-4-14-60(48)71-68(54)56/h5,9,37-68H,1-4,6-8,10-36H2/t37-,38?,39?,40?,41?,42?,43?,44?,45?,46?,47?,48?,49?,50?,51?,52?,53?,54?,55?,56?,57?,58?,59?,60?,61?,62?,63?,64?,65?,66?,67?,68?/m1/s1. The van der Waals surface area contributed by atoms with Gasteiger partial charge >= 0.3 is 0 Å². The molecule has 32 atom stereocenters. The third-order valence-electron chi connectivity index (χ3n) is 29.9. The Morgan fingerprint density at radius 3 is 1.20 bits per heavy atom. The number of allylic oxidation sites excluding steroid dienone is 2. The first kappa shape index (κ1) is 46.7. The maximum atomic E-state index is 2.88. The summed E-state index contributed by atoms with van der Waals surface area (Å²) in [7, 11) is 0. The van der Waals surface area contributed by atoms with E-state index in [2.05, 4.69) is 47.4 Å². The minimum Gasteiger partial charge on any atom is -0.155 e. The van der Waals surface area contributed by atoms with Gasteiger partial charge < -0.3 is 0 Å². The average molecular weight is 1020 g/mol. The van der Waals surface area contributed by atoms with Crippen LogP contribution in [0.4, 0.5) is 0 Å². The van der Waals surface area contributed by atoms with Crippen molar-refractivity contribution in [3.05, 3.63) is 12.2 Å². The number of rotatable bonds is 4. The summed E-state index contributed by atoms with van der Waals surface area (Å²) in [4.78, 5) is 0. The van der Waals surface area contributed by atoms with Crippen molar-refractivity contribution in [2.45, 2.75) is 250 Å². The van der Waals surface area contributed by atoms with Crippen molar-refractivity contribution in [3.63, 3.8) is 0 Å². The normalized spacial score (nSPS) is 61.6. The van der Waals surface area contributed by atoms with Crippen LogP contribution in [0.5, 0.6) is 0 Å². The molecule has 0 aromatic carbocycles. The van der Waals surface area contributed by atoms with E-state index >= 15 is 0 Å². The summed E-state index contributed by atoms with van der Waals surface area (Å²) in [6.07, 6.45) is 60.6. The van der Waals surface area contributed by atoms with Gasteiger partial charge in [0.1, 0.15) is 0 Å². The van der Waals surface area contributed by atoms with E-state index in [1.165, 1.54) is 19.3 Å². The van der Waals surface area contributed by atoms with Crippen LogP contribution in [0.15, 0.2) is 12.2 Å². The van der Waals surface area contributed by atoms with E-state index in [0.717, 1.165) is 185 Å². The molecule has 0 radical (unpaired) electrons. The molecule has 0 nitrogen and oxygen atoms in total. The van der Waals surface area contributed by atoms with Crippen LogP contribution >= 0.6 is 35.3 Å². The van der Waals surface area contributed by atoms with E-state index in [-0.39, 0.29) is 0 Å². The lowest BCUT2D eigenvalue weighted by molar-refractivity contribution is -0.135. The zero-order valence-electron chi connectivity index (χ0n) is 44.9. The predicted molar refractivity (Wildman–Crippen MR) is 302 cm³/mol. The lowest BCUT2D eigenvalue weighted by Crippen LogP contribution is -2.56. The minimum atomic E-state index is 0.924. The van der Waals surface area contributed by atoms with E-state index in [1.54, 1.807) is 199 Å². The van der Waals surface area contributed by atoms with Gasteiger partial charge in [-0.3, -0.25) is 0 Å². The molecule has 14 aliphatic carbocycles. The van der Waals surface area contributed by atoms with Crippen molar-refractivity contribution in [2.24, 2.45) is 154 Å². The Bertz CT molecular complexity index is 1980. The second-order valence-electron chi connectivity index (χ2n) is 31.3. The van der Waals surface area contributed by atoms with Crippen LogP contribution < -0.4 is 0 Å². The molecule has 17 aliphatic rings. The van der Waals surface area contributed by atoms with Crippen LogP contribution in [0, 0.1) is 154 Å². The maximum Gasteiger partial charge on any atom is 0.0150 e. The molecule has 0 aromatic rings. The largest absolute Gasteiger partial charge is 0.155 e. The van der Waals surface area contributed by atoms with Gasteiger partial charge in [0, 0.05) is 31.5 Å². The SMILES string of the molecule is C1=CC(C2CCC3CCC4C(C5CCC6SC7CCC(C8CCC9CCC%10C(C%11CCCC%12C%13CCCCC%13SC%12%11)CCC%11CCC8C9C%11%10)CC7C6C5)CC[C@@H]5CCC2C3C45)C2SC3CCCCC3C2C1. The fourth-order valence-electron chi connectivity index (χ4n) is 27.9. The Kier molecular flexibility index (Phi) is 12.3. The van der Waals surface area contributed by atoms with Gasteiger partial charge in [0.05, 0.1) is 0 Å². The molecule has 31 unspecified atom stereocenters. The predicted octanol–water partition coefficient (Wildman–Crippen LogP) is 18.5. The number of hydrogen-bond acceptors (Lipinski definition) is 3. The van der Waals surface area contributed by atoms with Gasteiger partial charge in [-0.05, 0) is 340 Å². The molecule has 3 heterocycles. The monoisotopic (exact) mass is 1010 g/mol. The smallest absolute Gasteiger partial charge is 0.0150 e. The topological polar surface area (TPSA) is 0 Å². The molecule has 16 fully saturated rings. The van der Waals surface area contributed by atoms with Gasteiger partial charge in [0.2, 0.25) is 0 Å². The highest BCUT2D eigenvalue weighted by atomic mass is 32.2. The van der Waals surface area contributed by atoms with E-state index < -0.39 is 0 Å². The highest BCUT2D eigenvalue weighted by Gasteiger charge is 2.63. The van der Waals surface area contributed by atoms with E-state index in [4.69, 9.17) is 0 Å². The average Bonchev–Trinajstić information content (AvgIpc) is 4.13. The van der Waals surface area contributed by atoms with Gasteiger partial charge in [0.15, 0.2) is 0 Å². The van der Waals surface area contributed by atoms with Gasteiger partial charge in [0.25, 0.3) is 0 Å². The Balaban J connectivity index is 0.583. The molecule has 3 aliphatic heterocycles. The van der Waals surface area contributed by atoms with Crippen LogP contribution in [-0.4, -0.2) is 31.5 Å². The van der Waals surface area contributed by atoms with Crippen molar-refractivity contribution in [3.8, 4) is 0 Å². The molecule has 0 bridgehead atoms. The summed E-state index contributed by atoms with van der Waals surface area (Å²) in [5.74, 6) is 28.6. The Morgan fingerprint density at radius 2 is 0.634 bits per heavy atom. The van der Waals surface area contributed by atoms with Gasteiger partial charge in [-0.2, -0.15) is 35.3 Å². The lowest BCUT2D eigenvalue weighted by atomic mass is 9.42. The van der Waals surface area contributed by atoms with Crippen LogP contribution in [0.25, 0.3) is 0 Å². The van der Waals surface area contributed by atoms with Crippen LogP contribution in [0.2, 0.25) is 0 Å². The first-order valence-electron chi connectivity index (χ1n) is 33.8. The molecular formula is C68H102S3. The third kappa shape index (κ3) is 7.40. The molecule has 0 spiro atoms. The highest BCUT2D eigenvalue weighted by molar-refractivity contribution is 8.01. The Morgan fingerprint density at radius 1 is 0.239 bits per heavy atom. The van der Waals surface area contributed by atoms with Crippen molar-refractivity contribution in [1.29, 1.82) is 0 Å². The molecule has 17 rings (SSSR count). The summed E-state index contributed by atoms with van der Waals surface area (Å²) in [5, 5.41) is 6.22. The quantitative estimate of drug-likeness (QED) is 0.258. The Labute approximate surface area is 448 Å². The van der Waals surface area contributed by atoms with Crippen LogP contribution in [0.1, 0.15) is 218 Å². The third-order valence-corrected chi connectivity index (χ3v) is 35.6. The molecule has 3 saturated heterocycles. The van der Waals surface area contributed by atoms with Crippen LogP contribution in [0.3, 0.4) is 0 Å². The van der Waals surface area contributed by atoms with Gasteiger partial charge in [-0.25, -0.2) is 0 Å². The maximum absolute atomic E-state index is 2.88. The van der Waals surface area contributed by atoms with Crippen LogP contribution in [-0.2, 0) is 0 Å². The van der Waals surface area contributed by atoms with E-state index in [0.29, 0.717) is 0 Å². The van der Waals surface area contributed by atoms with Crippen molar-refractivity contribution < 1.29 is 0 Å². The zero-order valence-corrected chi connectivity index (χ0v) is 47.3. The van der Waals surface area contributed by atoms with Crippen molar-refractivity contribution in [2.75, 3.05) is 0 Å². The number of thioether (sulfide) groups is 3. The number of fused-ring (bicyclic) bond motifs is 9. The lowest BCUT2D eigenvalue weighted by Gasteiger charge is -2.63. The van der Waals surface area contributed by atoms with Gasteiger partial charge in [-0.1, -0.05) is 44.3 Å². The van der Waals surface area contributed by atoms with E-state index in [9.17, 15) is 0 Å². The molecule has 71 heavy (non-hydrogen) atoms. The van der Waals surface area contributed by atoms with Crippen molar-refractivity contribution >= 4 is 35.3 Å². The fraction of sp³-hybridized carbons (Fsp3) is 0.971. The number of hydrogen-bond donors (Lipinski definition) is 0. The van der Waals surface area contributed by atoms with Crippen molar-refractivity contribution in [1.82, 2.24) is 0 Å². The highest BCUT2D eigenvalue weighted by Crippen LogP contribution is 2.70. The zero-order chi connectivity index (χ0) is 46.1. The van der Waals surface area contributed by atoms with Gasteiger partial charge in [-0.15, -0.1) is 0 Å². The second-order valence-corrected chi connectivity index (χ2v) is 35.6. The fourth-order valence-corrected chi connectivity index (χ4v) is 34.5. The first-order valence-corrected chi connectivity index (χ1v) is 36.6. The Hall–Kier alpha value is 0.790. The molecule has 3 heteroatoms. The summed E-state index contributed by atoms with van der Waals surface area (Å²) in [6.45, 7) is 0. The molecule has 0 amide bonds.